The van der Waals surface area contributed by atoms with Crippen molar-refractivity contribution in [2.45, 2.75) is 11.3 Å². The maximum absolute atomic E-state index is 11.7. The van der Waals surface area contributed by atoms with Crippen LogP contribution in [0.15, 0.2) is 47.1 Å². The largest absolute Gasteiger partial charge is 0.370 e. The highest BCUT2D eigenvalue weighted by molar-refractivity contribution is 8.03. The van der Waals surface area contributed by atoms with Gasteiger partial charge in [0.05, 0.1) is 4.92 Å². The van der Waals surface area contributed by atoms with E-state index in [0.717, 1.165) is 5.39 Å². The van der Waals surface area contributed by atoms with Gasteiger partial charge in [0.2, 0.25) is 11.3 Å². The van der Waals surface area contributed by atoms with Crippen LogP contribution in [0.1, 0.15) is 11.1 Å². The van der Waals surface area contributed by atoms with Crippen LogP contribution in [0.5, 0.6) is 0 Å². The average molecular weight is 328 g/mol. The van der Waals surface area contributed by atoms with Gasteiger partial charge in [-0.2, -0.15) is 0 Å². The summed E-state index contributed by atoms with van der Waals surface area (Å²) >= 11 is 1.31. The summed E-state index contributed by atoms with van der Waals surface area (Å²) in [5.41, 5.74) is -3.25. The number of thioether (sulfide) groups is 1. The first-order valence-corrected chi connectivity index (χ1v) is 8.27. The molecule has 2 N–H and O–H groups in total. The Morgan fingerprint density at radius 1 is 1.17 bits per heavy atom. The summed E-state index contributed by atoms with van der Waals surface area (Å²) in [4.78, 5) is 12.8. The van der Waals surface area contributed by atoms with E-state index in [4.69, 9.17) is 0 Å². The monoisotopic (exact) mass is 328 g/mol. The number of nitrogens with zero attached hydrogens (tertiary/aromatic N) is 2. The highest BCUT2D eigenvalue weighted by Crippen LogP contribution is 2.64. The van der Waals surface area contributed by atoms with Crippen molar-refractivity contribution in [1.29, 1.82) is 0 Å². The Bertz CT molecular complexity index is 938. The van der Waals surface area contributed by atoms with Gasteiger partial charge < -0.3 is 15.1 Å². The molecule has 0 bridgehead atoms. The van der Waals surface area contributed by atoms with Crippen LogP contribution in [0.3, 0.4) is 0 Å². The molecule has 5 rings (SSSR count). The molecule has 0 spiro atoms. The summed E-state index contributed by atoms with van der Waals surface area (Å²) in [5, 5.41) is 36.7. The Kier molecular flexibility index (Phi) is 2.25. The van der Waals surface area contributed by atoms with E-state index < -0.39 is 16.2 Å². The zero-order chi connectivity index (χ0) is 16.0. The van der Waals surface area contributed by atoms with E-state index in [-0.39, 0.29) is 5.70 Å². The molecule has 2 aromatic carbocycles. The molecule has 23 heavy (non-hydrogen) atoms. The molecule has 0 saturated carbocycles. The van der Waals surface area contributed by atoms with Gasteiger partial charge in [-0.25, -0.2) is 0 Å². The van der Waals surface area contributed by atoms with Crippen molar-refractivity contribution in [2.75, 3.05) is 12.3 Å². The van der Waals surface area contributed by atoms with Crippen molar-refractivity contribution in [1.82, 2.24) is 4.90 Å². The SMILES string of the molecule is O=[N+]([O-])C1=C2SCCN2[C@]2(O)c3cccc4cccc(c34)[C@]12O. The molecule has 1 aliphatic carbocycles. The lowest BCUT2D eigenvalue weighted by atomic mass is 9.86. The van der Waals surface area contributed by atoms with Crippen molar-refractivity contribution in [3.05, 3.63) is 68.4 Å². The highest BCUT2D eigenvalue weighted by atomic mass is 32.2. The third-order valence-corrected chi connectivity index (χ3v) is 6.17. The molecule has 1 fully saturated rings. The van der Waals surface area contributed by atoms with Gasteiger partial charge in [-0.05, 0) is 10.8 Å². The van der Waals surface area contributed by atoms with E-state index in [1.54, 1.807) is 29.2 Å². The summed E-state index contributed by atoms with van der Waals surface area (Å²) in [6, 6.07) is 10.7. The lowest BCUT2D eigenvalue weighted by Gasteiger charge is -2.37. The Morgan fingerprint density at radius 3 is 2.57 bits per heavy atom. The fraction of sp³-hybridized carbons (Fsp3) is 0.250. The molecular formula is C16H12N2O4S. The van der Waals surface area contributed by atoms with Crippen LogP contribution in [0.4, 0.5) is 0 Å². The molecule has 116 valence electrons. The fourth-order valence-electron chi connectivity index (χ4n) is 4.23. The summed E-state index contributed by atoms with van der Waals surface area (Å²) in [6.07, 6.45) is 0. The van der Waals surface area contributed by atoms with Gasteiger partial charge in [0.1, 0.15) is 0 Å². The summed E-state index contributed by atoms with van der Waals surface area (Å²) in [7, 11) is 0. The second-order valence-electron chi connectivity index (χ2n) is 6.00. The number of hydrogen-bond donors (Lipinski definition) is 2. The Labute approximate surface area is 135 Å². The third-order valence-electron chi connectivity index (χ3n) is 5.09. The molecular weight excluding hydrogens is 316 g/mol. The van der Waals surface area contributed by atoms with Crippen LogP contribution in [-0.4, -0.2) is 32.3 Å². The van der Waals surface area contributed by atoms with Gasteiger partial charge in [0.15, 0.2) is 5.03 Å². The first-order chi connectivity index (χ1) is 11.0. The molecule has 0 radical (unpaired) electrons. The van der Waals surface area contributed by atoms with Gasteiger partial charge in [-0.1, -0.05) is 48.2 Å². The molecule has 2 aromatic rings. The number of nitro groups is 1. The Hall–Kier alpha value is -2.09. The first kappa shape index (κ1) is 13.4. The van der Waals surface area contributed by atoms with Crippen molar-refractivity contribution in [2.24, 2.45) is 0 Å². The molecule has 7 heteroatoms. The normalized spacial score (nSPS) is 31.0. The van der Waals surface area contributed by atoms with Gasteiger partial charge >= 0.3 is 5.70 Å². The van der Waals surface area contributed by atoms with Crippen LogP contribution in [0.2, 0.25) is 0 Å². The van der Waals surface area contributed by atoms with Crippen molar-refractivity contribution in [3.63, 3.8) is 0 Å². The minimum atomic E-state index is -2.05. The predicted octanol–water partition coefficient (Wildman–Crippen LogP) is 1.69. The van der Waals surface area contributed by atoms with Gasteiger partial charge in [-0.3, -0.25) is 10.1 Å². The number of benzene rings is 2. The van der Waals surface area contributed by atoms with E-state index >= 15 is 0 Å². The lowest BCUT2D eigenvalue weighted by Crippen LogP contribution is -2.53. The summed E-state index contributed by atoms with van der Waals surface area (Å²) < 4.78 is 0. The van der Waals surface area contributed by atoms with E-state index in [1.165, 1.54) is 11.8 Å². The molecule has 1 saturated heterocycles. The second kappa shape index (κ2) is 3.87. The fourth-order valence-corrected chi connectivity index (χ4v) is 5.44. The molecule has 6 nitrogen and oxygen atoms in total. The molecule has 3 aliphatic rings. The average Bonchev–Trinajstić information content (AvgIpc) is 3.12. The summed E-state index contributed by atoms with van der Waals surface area (Å²) in [6.45, 7) is 0.459. The molecule has 0 amide bonds. The van der Waals surface area contributed by atoms with Crippen LogP contribution in [-0.2, 0) is 11.3 Å². The maximum atomic E-state index is 11.7. The maximum Gasteiger partial charge on any atom is 0.317 e. The predicted molar refractivity (Wildman–Crippen MR) is 84.9 cm³/mol. The summed E-state index contributed by atoms with van der Waals surface area (Å²) in [5.74, 6) is 0.650. The zero-order valence-electron chi connectivity index (χ0n) is 11.9. The van der Waals surface area contributed by atoms with E-state index in [9.17, 15) is 20.3 Å². The van der Waals surface area contributed by atoms with E-state index in [1.807, 2.05) is 12.1 Å². The van der Waals surface area contributed by atoms with Crippen molar-refractivity contribution < 1.29 is 15.1 Å². The van der Waals surface area contributed by atoms with Crippen molar-refractivity contribution >= 4 is 22.5 Å². The van der Waals surface area contributed by atoms with Gasteiger partial charge in [-0.15, -0.1) is 0 Å². The lowest BCUT2D eigenvalue weighted by molar-refractivity contribution is -0.451. The Balaban J connectivity index is 1.97. The van der Waals surface area contributed by atoms with E-state index in [0.29, 0.717) is 33.8 Å². The van der Waals surface area contributed by atoms with Crippen LogP contribution >= 0.6 is 11.8 Å². The van der Waals surface area contributed by atoms with Crippen LogP contribution in [0, 0.1) is 10.1 Å². The minimum absolute atomic E-state index is 0.314. The Morgan fingerprint density at radius 2 is 1.87 bits per heavy atom. The van der Waals surface area contributed by atoms with Gasteiger partial charge in [0.25, 0.3) is 0 Å². The van der Waals surface area contributed by atoms with Crippen LogP contribution < -0.4 is 0 Å². The standard InChI is InChI=1S/C16H12N2O4S/c19-15-10-5-1-3-9-4-2-6-11(12(9)10)16(15,20)17-7-8-23-14(17)13(15)18(21)22/h1-6,19-20H,7-8H2/t15-,16-/m0/s1. The molecule has 0 aromatic heterocycles. The molecule has 2 aliphatic heterocycles. The quantitative estimate of drug-likeness (QED) is 0.612. The van der Waals surface area contributed by atoms with E-state index in [2.05, 4.69) is 0 Å². The number of fused-ring (bicyclic) bond motifs is 5. The smallest absolute Gasteiger partial charge is 0.317 e. The molecule has 2 atom stereocenters. The minimum Gasteiger partial charge on any atom is -0.370 e. The molecule has 2 heterocycles. The first-order valence-electron chi connectivity index (χ1n) is 7.28. The topological polar surface area (TPSA) is 86.8 Å². The second-order valence-corrected chi connectivity index (χ2v) is 7.09. The van der Waals surface area contributed by atoms with Crippen molar-refractivity contribution in [3.8, 4) is 0 Å². The number of aliphatic hydroxyl groups is 2. The zero-order valence-corrected chi connectivity index (χ0v) is 12.7. The molecule has 0 unspecified atom stereocenters. The van der Waals surface area contributed by atoms with Crippen LogP contribution in [0.25, 0.3) is 10.8 Å². The third kappa shape index (κ3) is 1.20. The number of hydrogen-bond acceptors (Lipinski definition) is 6. The highest BCUT2D eigenvalue weighted by Gasteiger charge is 2.74. The number of rotatable bonds is 1. The van der Waals surface area contributed by atoms with Gasteiger partial charge in [0, 0.05) is 23.4 Å².